The van der Waals surface area contributed by atoms with E-state index < -0.39 is 17.6 Å². The molecule has 0 radical (unpaired) electrons. The standard InChI is InChI=1S/C18H16F3N3O2/c1-2-24-16(12-5-3-6-13(9-12)18(19,20)21)10-15(23-24)17(25)22-11-14-7-4-8-26-14/h3-10H,2,11H2,1H3,(H,22,25). The SMILES string of the molecule is CCn1nc(C(=O)NCc2ccco2)cc1-c1cccc(C(F)(F)F)c1. The minimum absolute atomic E-state index is 0.130. The Bertz CT molecular complexity index is 899. The molecule has 0 atom stereocenters. The fourth-order valence-corrected chi connectivity index (χ4v) is 2.53. The van der Waals surface area contributed by atoms with E-state index in [4.69, 9.17) is 4.42 Å². The summed E-state index contributed by atoms with van der Waals surface area (Å²) in [6, 6.07) is 9.86. The minimum atomic E-state index is -4.43. The third-order valence-electron chi connectivity index (χ3n) is 3.80. The number of rotatable bonds is 5. The second-order valence-electron chi connectivity index (χ2n) is 5.57. The quantitative estimate of drug-likeness (QED) is 0.742. The maximum atomic E-state index is 12.9. The molecule has 3 rings (SSSR count). The van der Waals surface area contributed by atoms with Gasteiger partial charge < -0.3 is 9.73 Å². The number of amides is 1. The molecule has 0 saturated heterocycles. The van der Waals surface area contributed by atoms with E-state index in [2.05, 4.69) is 10.4 Å². The molecule has 0 aliphatic carbocycles. The number of nitrogens with one attached hydrogen (secondary N) is 1. The first-order chi connectivity index (χ1) is 12.4. The number of halogens is 3. The lowest BCUT2D eigenvalue weighted by Gasteiger charge is -2.09. The molecule has 0 aliphatic rings. The summed E-state index contributed by atoms with van der Waals surface area (Å²) in [6.45, 7) is 2.41. The number of benzene rings is 1. The number of nitrogens with zero attached hydrogens (tertiary/aromatic N) is 2. The summed E-state index contributed by atoms with van der Waals surface area (Å²) >= 11 is 0. The summed E-state index contributed by atoms with van der Waals surface area (Å²) in [5, 5.41) is 6.85. The Morgan fingerprint density at radius 1 is 1.23 bits per heavy atom. The first kappa shape index (κ1) is 17.8. The van der Waals surface area contributed by atoms with E-state index >= 15 is 0 Å². The normalized spacial score (nSPS) is 11.5. The predicted molar refractivity (Wildman–Crippen MR) is 88.2 cm³/mol. The number of carbonyl (C=O) groups excluding carboxylic acids is 1. The number of furan rings is 1. The maximum Gasteiger partial charge on any atom is 0.416 e. The van der Waals surface area contributed by atoms with E-state index in [1.807, 2.05) is 0 Å². The van der Waals surface area contributed by atoms with Gasteiger partial charge >= 0.3 is 6.18 Å². The highest BCUT2D eigenvalue weighted by atomic mass is 19.4. The van der Waals surface area contributed by atoms with E-state index in [0.717, 1.165) is 12.1 Å². The third-order valence-corrected chi connectivity index (χ3v) is 3.80. The van der Waals surface area contributed by atoms with Crippen LogP contribution in [0, 0.1) is 0 Å². The summed E-state index contributed by atoms with van der Waals surface area (Å²) in [4.78, 5) is 12.3. The van der Waals surface area contributed by atoms with Gasteiger partial charge in [-0.25, -0.2) is 0 Å². The molecule has 3 aromatic rings. The van der Waals surface area contributed by atoms with E-state index in [9.17, 15) is 18.0 Å². The highest BCUT2D eigenvalue weighted by Gasteiger charge is 2.30. The van der Waals surface area contributed by atoms with Crippen LogP contribution in [0.4, 0.5) is 13.2 Å². The van der Waals surface area contributed by atoms with Crippen molar-refractivity contribution < 1.29 is 22.4 Å². The summed E-state index contributed by atoms with van der Waals surface area (Å²) in [5.41, 5.74) is 0.175. The van der Waals surface area contributed by atoms with Gasteiger partial charge in [-0.15, -0.1) is 0 Å². The first-order valence-corrected chi connectivity index (χ1v) is 7.94. The van der Waals surface area contributed by atoms with Gasteiger partial charge in [0.15, 0.2) is 5.69 Å². The third kappa shape index (κ3) is 3.79. The number of carbonyl (C=O) groups is 1. The lowest BCUT2D eigenvalue weighted by molar-refractivity contribution is -0.137. The van der Waals surface area contributed by atoms with Crippen molar-refractivity contribution in [2.45, 2.75) is 26.2 Å². The molecule has 0 aliphatic heterocycles. The van der Waals surface area contributed by atoms with Crippen molar-refractivity contribution in [2.24, 2.45) is 0 Å². The molecular formula is C18H16F3N3O2. The molecule has 1 N–H and O–H groups in total. The molecule has 1 amide bonds. The number of hydrogen-bond acceptors (Lipinski definition) is 3. The highest BCUT2D eigenvalue weighted by Crippen LogP contribution is 2.32. The number of hydrogen-bond donors (Lipinski definition) is 1. The summed E-state index contributed by atoms with van der Waals surface area (Å²) in [6.07, 6.45) is -2.94. The lowest BCUT2D eigenvalue weighted by atomic mass is 10.1. The molecule has 5 nitrogen and oxygen atoms in total. The molecular weight excluding hydrogens is 347 g/mol. The van der Waals surface area contributed by atoms with Gasteiger partial charge in [0.2, 0.25) is 0 Å². The van der Waals surface area contributed by atoms with Crippen molar-refractivity contribution in [1.29, 1.82) is 0 Å². The van der Waals surface area contributed by atoms with Crippen LogP contribution in [0.3, 0.4) is 0 Å². The number of aromatic nitrogens is 2. The molecule has 0 saturated carbocycles. The molecule has 2 heterocycles. The van der Waals surface area contributed by atoms with Crippen LogP contribution in [-0.4, -0.2) is 15.7 Å². The topological polar surface area (TPSA) is 60.1 Å². The number of alkyl halides is 3. The van der Waals surface area contributed by atoms with Gasteiger partial charge in [0.05, 0.1) is 24.1 Å². The summed E-state index contributed by atoms with van der Waals surface area (Å²) in [5.74, 6) is 0.160. The van der Waals surface area contributed by atoms with Crippen molar-refractivity contribution in [2.75, 3.05) is 0 Å². The summed E-state index contributed by atoms with van der Waals surface area (Å²) < 4.78 is 45.5. The highest BCUT2D eigenvalue weighted by molar-refractivity contribution is 5.93. The van der Waals surface area contributed by atoms with E-state index in [-0.39, 0.29) is 12.2 Å². The molecule has 8 heteroatoms. The molecule has 0 spiro atoms. The van der Waals surface area contributed by atoms with Crippen LogP contribution in [0.25, 0.3) is 11.3 Å². The van der Waals surface area contributed by atoms with E-state index in [0.29, 0.717) is 23.6 Å². The van der Waals surface area contributed by atoms with Gasteiger partial charge in [-0.1, -0.05) is 12.1 Å². The Hall–Kier alpha value is -3.03. The zero-order chi connectivity index (χ0) is 18.7. The van der Waals surface area contributed by atoms with Crippen LogP contribution < -0.4 is 5.32 Å². The van der Waals surface area contributed by atoms with Crippen molar-refractivity contribution in [3.8, 4) is 11.3 Å². The van der Waals surface area contributed by atoms with Gasteiger partial charge in [-0.2, -0.15) is 18.3 Å². The van der Waals surface area contributed by atoms with Crippen LogP contribution >= 0.6 is 0 Å². The van der Waals surface area contributed by atoms with Crippen molar-refractivity contribution in [3.63, 3.8) is 0 Å². The lowest BCUT2D eigenvalue weighted by Crippen LogP contribution is -2.23. The Morgan fingerprint density at radius 3 is 2.69 bits per heavy atom. The van der Waals surface area contributed by atoms with Crippen LogP contribution in [0.2, 0.25) is 0 Å². The maximum absolute atomic E-state index is 12.9. The van der Waals surface area contributed by atoms with Crippen molar-refractivity contribution >= 4 is 5.91 Å². The largest absolute Gasteiger partial charge is 0.467 e. The van der Waals surface area contributed by atoms with Crippen molar-refractivity contribution in [1.82, 2.24) is 15.1 Å². The average molecular weight is 363 g/mol. The zero-order valence-electron chi connectivity index (χ0n) is 13.9. The molecule has 0 fully saturated rings. The fraction of sp³-hybridized carbons (Fsp3) is 0.222. The smallest absolute Gasteiger partial charge is 0.416 e. The fourth-order valence-electron chi connectivity index (χ4n) is 2.53. The minimum Gasteiger partial charge on any atom is -0.467 e. The molecule has 136 valence electrons. The predicted octanol–water partition coefficient (Wildman–Crippen LogP) is 4.11. The van der Waals surface area contributed by atoms with Gasteiger partial charge in [-0.05, 0) is 37.3 Å². The van der Waals surface area contributed by atoms with Gasteiger partial charge in [0, 0.05) is 12.1 Å². The Labute approximate surface area is 147 Å². The van der Waals surface area contributed by atoms with Crippen molar-refractivity contribution in [3.05, 3.63) is 65.7 Å². The second-order valence-corrected chi connectivity index (χ2v) is 5.57. The number of aryl methyl sites for hydroxylation is 1. The molecule has 2 aromatic heterocycles. The monoisotopic (exact) mass is 363 g/mol. The van der Waals surface area contributed by atoms with E-state index in [1.54, 1.807) is 25.1 Å². The van der Waals surface area contributed by atoms with Crippen LogP contribution in [0.15, 0.2) is 53.1 Å². The van der Waals surface area contributed by atoms with E-state index in [1.165, 1.54) is 23.1 Å². The van der Waals surface area contributed by atoms with Crippen LogP contribution in [-0.2, 0) is 19.3 Å². The van der Waals surface area contributed by atoms with Crippen LogP contribution in [0.5, 0.6) is 0 Å². The van der Waals surface area contributed by atoms with Gasteiger partial charge in [0.25, 0.3) is 5.91 Å². The Morgan fingerprint density at radius 2 is 2.04 bits per heavy atom. The van der Waals surface area contributed by atoms with Crippen LogP contribution in [0.1, 0.15) is 28.7 Å². The Balaban J connectivity index is 1.86. The molecule has 1 aromatic carbocycles. The first-order valence-electron chi connectivity index (χ1n) is 7.94. The zero-order valence-corrected chi connectivity index (χ0v) is 13.9. The average Bonchev–Trinajstić information content (AvgIpc) is 3.28. The molecule has 0 unspecified atom stereocenters. The van der Waals surface area contributed by atoms with Gasteiger partial charge in [0.1, 0.15) is 5.76 Å². The van der Waals surface area contributed by atoms with Gasteiger partial charge in [-0.3, -0.25) is 9.48 Å². The Kier molecular flexibility index (Phi) is 4.83. The second kappa shape index (κ2) is 7.07. The molecule has 0 bridgehead atoms. The molecule has 26 heavy (non-hydrogen) atoms. The summed E-state index contributed by atoms with van der Waals surface area (Å²) in [7, 11) is 0.